The lowest BCUT2D eigenvalue weighted by Crippen LogP contribution is -2.00. The minimum Gasteiger partial charge on any atom is -0.456 e. The molecule has 0 atom stereocenters. The lowest BCUT2D eigenvalue weighted by Gasteiger charge is -2.11. The van der Waals surface area contributed by atoms with Gasteiger partial charge in [-0.05, 0) is 59.7 Å². The molecule has 238 valence electrons. The van der Waals surface area contributed by atoms with Crippen molar-refractivity contribution >= 4 is 75.4 Å². The topological polar surface area (TPSA) is 65.0 Å². The van der Waals surface area contributed by atoms with Crippen molar-refractivity contribution in [2.75, 3.05) is 0 Å². The molecule has 0 aliphatic heterocycles. The summed E-state index contributed by atoms with van der Waals surface area (Å²) in [6.45, 7) is 0. The van der Waals surface area contributed by atoms with E-state index in [0.717, 1.165) is 71.7 Å². The molecule has 0 spiro atoms. The van der Waals surface area contributed by atoms with Gasteiger partial charge in [0.2, 0.25) is 0 Å². The van der Waals surface area contributed by atoms with Crippen LogP contribution in [0, 0.1) is 0 Å². The van der Waals surface area contributed by atoms with E-state index < -0.39 is 0 Å². The smallest absolute Gasteiger partial charge is 0.167 e. The van der Waals surface area contributed by atoms with E-state index in [1.54, 1.807) is 0 Å². The van der Waals surface area contributed by atoms with Crippen molar-refractivity contribution in [3.8, 4) is 45.3 Å². The molecule has 0 unspecified atom stereocenters. The van der Waals surface area contributed by atoms with Crippen molar-refractivity contribution in [2.45, 2.75) is 0 Å². The normalized spacial score (nSPS) is 11.9. The van der Waals surface area contributed by atoms with E-state index in [9.17, 15) is 0 Å². The lowest BCUT2D eigenvalue weighted by atomic mass is 9.96. The van der Waals surface area contributed by atoms with Crippen molar-refractivity contribution in [1.82, 2.24) is 15.0 Å². The molecule has 7 aromatic carbocycles. The number of furan rings is 2. The SMILES string of the molecule is c1ccc(-c2nc(-c3ccc4oc5ccccc5c4c3)nc(-c3ccc(-c4ccc5c(c4)sc4ccccc45)c4c3oc3ccccc34)n2)cc1. The molecule has 6 heteroatoms. The monoisotopic (exact) mass is 671 g/mol. The summed E-state index contributed by atoms with van der Waals surface area (Å²) < 4.78 is 15.4. The second-order valence-electron chi connectivity index (χ2n) is 12.8. The van der Waals surface area contributed by atoms with Gasteiger partial charge < -0.3 is 8.83 Å². The average Bonchev–Trinajstić information content (AvgIpc) is 3.88. The third kappa shape index (κ3) is 4.43. The number of para-hydroxylation sites is 2. The maximum atomic E-state index is 6.71. The van der Waals surface area contributed by atoms with Crippen LogP contribution in [0.3, 0.4) is 0 Å². The van der Waals surface area contributed by atoms with E-state index >= 15 is 0 Å². The van der Waals surface area contributed by atoms with Crippen LogP contribution in [0.15, 0.2) is 160 Å². The van der Waals surface area contributed by atoms with E-state index in [1.807, 2.05) is 84.1 Å². The molecule has 0 saturated carbocycles. The second-order valence-corrected chi connectivity index (χ2v) is 13.8. The van der Waals surface area contributed by atoms with E-state index in [2.05, 4.69) is 78.9 Å². The minimum absolute atomic E-state index is 0.548. The summed E-state index contributed by atoms with van der Waals surface area (Å²) in [7, 11) is 0. The standard InChI is InChI=1S/C45H25N3O2S/c1-2-10-26(11-3-1)43-46-44(28-19-23-38-35(24-28)30-12-4-7-15-36(30)49-38)48-45(47-43)34-22-21-29(41-33-14-5-8-16-37(33)50-42(34)41)27-18-20-32-31-13-6-9-17-39(31)51-40(32)25-27/h1-25H. The quantitative estimate of drug-likeness (QED) is 0.186. The van der Waals surface area contributed by atoms with Gasteiger partial charge in [-0.2, -0.15) is 0 Å². The Labute approximate surface area is 295 Å². The maximum absolute atomic E-state index is 6.71. The van der Waals surface area contributed by atoms with E-state index in [1.165, 1.54) is 20.2 Å². The first-order valence-electron chi connectivity index (χ1n) is 16.8. The minimum atomic E-state index is 0.548. The molecule has 4 heterocycles. The molecule has 0 aliphatic carbocycles. The van der Waals surface area contributed by atoms with Gasteiger partial charge in [0, 0.05) is 52.8 Å². The largest absolute Gasteiger partial charge is 0.456 e. The predicted molar refractivity (Wildman–Crippen MR) is 209 cm³/mol. The molecular weight excluding hydrogens is 647 g/mol. The molecule has 0 saturated heterocycles. The van der Waals surface area contributed by atoms with E-state index in [4.69, 9.17) is 23.8 Å². The Morgan fingerprint density at radius 1 is 0.373 bits per heavy atom. The first-order valence-corrected chi connectivity index (χ1v) is 17.7. The van der Waals surface area contributed by atoms with Crippen LogP contribution >= 0.6 is 11.3 Å². The molecule has 4 aromatic heterocycles. The number of hydrogen-bond donors (Lipinski definition) is 0. The van der Waals surface area contributed by atoms with Gasteiger partial charge in [-0.15, -0.1) is 11.3 Å². The maximum Gasteiger partial charge on any atom is 0.167 e. The van der Waals surface area contributed by atoms with Gasteiger partial charge in [0.15, 0.2) is 17.5 Å². The van der Waals surface area contributed by atoms with Gasteiger partial charge in [0.1, 0.15) is 22.3 Å². The van der Waals surface area contributed by atoms with Crippen molar-refractivity contribution < 1.29 is 8.83 Å². The Morgan fingerprint density at radius 3 is 1.86 bits per heavy atom. The van der Waals surface area contributed by atoms with Crippen molar-refractivity contribution in [1.29, 1.82) is 0 Å². The fourth-order valence-corrected chi connectivity index (χ4v) is 8.49. The molecule has 0 fully saturated rings. The molecule has 11 aromatic rings. The van der Waals surface area contributed by atoms with Crippen LogP contribution in [0.1, 0.15) is 0 Å². The molecule has 0 N–H and O–H groups in total. The summed E-state index contributed by atoms with van der Waals surface area (Å²) in [5, 5.41) is 6.73. The molecule has 11 rings (SSSR count). The lowest BCUT2D eigenvalue weighted by molar-refractivity contribution is 0.669. The van der Waals surface area contributed by atoms with Crippen LogP contribution in [-0.2, 0) is 0 Å². The third-order valence-electron chi connectivity index (χ3n) is 9.76. The number of rotatable bonds is 4. The number of nitrogens with zero attached hydrogens (tertiary/aromatic N) is 3. The summed E-state index contributed by atoms with van der Waals surface area (Å²) in [6.07, 6.45) is 0. The number of hydrogen-bond acceptors (Lipinski definition) is 6. The second kappa shape index (κ2) is 10.9. The van der Waals surface area contributed by atoms with Gasteiger partial charge in [-0.1, -0.05) is 103 Å². The van der Waals surface area contributed by atoms with Crippen LogP contribution in [0.2, 0.25) is 0 Å². The van der Waals surface area contributed by atoms with Crippen molar-refractivity contribution in [2.24, 2.45) is 0 Å². The molecular formula is C45H25N3O2S. The van der Waals surface area contributed by atoms with Crippen molar-refractivity contribution in [3.05, 3.63) is 152 Å². The molecule has 51 heavy (non-hydrogen) atoms. The fraction of sp³-hybridized carbons (Fsp3) is 0. The van der Waals surface area contributed by atoms with Gasteiger partial charge in [-0.3, -0.25) is 0 Å². The van der Waals surface area contributed by atoms with Crippen molar-refractivity contribution in [3.63, 3.8) is 0 Å². The summed E-state index contributed by atoms with van der Waals surface area (Å²) in [5.41, 5.74) is 8.08. The number of thiophene rings is 1. The summed E-state index contributed by atoms with van der Waals surface area (Å²) in [5.74, 6) is 1.72. The van der Waals surface area contributed by atoms with Crippen LogP contribution < -0.4 is 0 Å². The Balaban J connectivity index is 1.15. The molecule has 0 radical (unpaired) electrons. The molecule has 5 nitrogen and oxygen atoms in total. The highest BCUT2D eigenvalue weighted by atomic mass is 32.1. The summed E-state index contributed by atoms with van der Waals surface area (Å²) in [4.78, 5) is 15.3. The molecule has 0 bridgehead atoms. The van der Waals surface area contributed by atoms with Gasteiger partial charge in [0.05, 0.1) is 5.56 Å². The Morgan fingerprint density at radius 2 is 1.00 bits per heavy atom. The highest BCUT2D eigenvalue weighted by Crippen LogP contribution is 2.43. The number of aromatic nitrogens is 3. The Hall–Kier alpha value is -6.63. The first kappa shape index (κ1) is 28.2. The average molecular weight is 672 g/mol. The Bertz CT molecular complexity index is 3160. The van der Waals surface area contributed by atoms with Gasteiger partial charge in [0.25, 0.3) is 0 Å². The Kier molecular flexibility index (Phi) is 6.05. The van der Waals surface area contributed by atoms with Crippen LogP contribution in [0.4, 0.5) is 0 Å². The zero-order chi connectivity index (χ0) is 33.5. The first-order chi connectivity index (χ1) is 25.2. The number of fused-ring (bicyclic) bond motifs is 9. The van der Waals surface area contributed by atoms with Crippen LogP contribution in [0.5, 0.6) is 0 Å². The van der Waals surface area contributed by atoms with E-state index in [0.29, 0.717) is 17.5 Å². The summed E-state index contributed by atoms with van der Waals surface area (Å²) >= 11 is 1.83. The molecule has 0 amide bonds. The zero-order valence-corrected chi connectivity index (χ0v) is 27.8. The zero-order valence-electron chi connectivity index (χ0n) is 27.0. The van der Waals surface area contributed by atoms with Gasteiger partial charge in [-0.25, -0.2) is 15.0 Å². The highest BCUT2D eigenvalue weighted by molar-refractivity contribution is 7.25. The van der Waals surface area contributed by atoms with Crippen LogP contribution in [-0.4, -0.2) is 15.0 Å². The van der Waals surface area contributed by atoms with Crippen LogP contribution in [0.25, 0.3) is 109 Å². The van der Waals surface area contributed by atoms with E-state index in [-0.39, 0.29) is 0 Å². The highest BCUT2D eigenvalue weighted by Gasteiger charge is 2.21. The fourth-order valence-electron chi connectivity index (χ4n) is 7.35. The summed E-state index contributed by atoms with van der Waals surface area (Å²) in [6, 6.07) is 52.2. The number of benzene rings is 7. The molecule has 0 aliphatic rings. The van der Waals surface area contributed by atoms with Gasteiger partial charge >= 0.3 is 0 Å². The third-order valence-corrected chi connectivity index (χ3v) is 10.9. The predicted octanol–water partition coefficient (Wildman–Crippen LogP) is 12.7.